The minimum Gasteiger partial charge on any atom is -0.464 e. The summed E-state index contributed by atoms with van der Waals surface area (Å²) < 4.78 is 12.5. The molecule has 7 heterocycles. The van der Waals surface area contributed by atoms with Gasteiger partial charge in [-0.15, -0.1) is 28.2 Å². The Bertz CT molecular complexity index is 1410. The third kappa shape index (κ3) is 4.94. The number of fused-ring (bicyclic) bond motifs is 1. The summed E-state index contributed by atoms with van der Waals surface area (Å²) in [5.41, 5.74) is 4.71. The van der Waals surface area contributed by atoms with Gasteiger partial charge in [0.2, 0.25) is 0 Å². The van der Waals surface area contributed by atoms with Crippen molar-refractivity contribution in [2.45, 2.75) is 56.0 Å². The highest BCUT2D eigenvalue weighted by molar-refractivity contribution is 8.00. The molecule has 0 saturated carbocycles. The number of thiophene rings is 1. The van der Waals surface area contributed by atoms with Gasteiger partial charge in [0.25, 0.3) is 0 Å². The number of anilines is 1. The quantitative estimate of drug-likeness (QED) is 0.354. The zero-order chi connectivity index (χ0) is 29.3. The number of thioether (sulfide) groups is 1. The van der Waals surface area contributed by atoms with E-state index in [1.165, 1.54) is 59.5 Å². The van der Waals surface area contributed by atoms with Gasteiger partial charge in [-0.05, 0) is 60.9 Å². The first-order chi connectivity index (χ1) is 21.9. The van der Waals surface area contributed by atoms with Crippen LogP contribution in [0, 0.1) is 0 Å². The molecule has 2 atom stereocenters. The van der Waals surface area contributed by atoms with Crippen LogP contribution >= 0.6 is 23.1 Å². The summed E-state index contributed by atoms with van der Waals surface area (Å²) in [6, 6.07) is 18.0. The van der Waals surface area contributed by atoms with Gasteiger partial charge in [-0.2, -0.15) is 0 Å². The summed E-state index contributed by atoms with van der Waals surface area (Å²) in [5.74, 6) is 2.06. The molecule has 2 aromatic heterocycles. The van der Waals surface area contributed by atoms with Gasteiger partial charge in [0, 0.05) is 50.7 Å². The van der Waals surface area contributed by atoms with Gasteiger partial charge >= 0.3 is 0 Å². The van der Waals surface area contributed by atoms with Gasteiger partial charge in [-0.25, -0.2) is 15.1 Å². The lowest BCUT2D eigenvalue weighted by Gasteiger charge is -2.56. The zero-order valence-corrected chi connectivity index (χ0v) is 27.2. The fourth-order valence-corrected chi connectivity index (χ4v) is 9.87. The van der Waals surface area contributed by atoms with Gasteiger partial charge in [0.05, 0.1) is 41.0 Å². The minimum atomic E-state index is -0.636. The average molecular weight is 633 g/mol. The van der Waals surface area contributed by atoms with E-state index in [0.717, 1.165) is 76.8 Å². The number of nitrogens with one attached hydrogen (secondary N) is 1. The maximum Gasteiger partial charge on any atom is 0.194 e. The first-order valence-corrected chi connectivity index (χ1v) is 18.5. The summed E-state index contributed by atoms with van der Waals surface area (Å²) in [7, 11) is 0. The van der Waals surface area contributed by atoms with Crippen LogP contribution in [0.15, 0.2) is 70.3 Å². The van der Waals surface area contributed by atoms with E-state index in [1.807, 2.05) is 29.4 Å². The van der Waals surface area contributed by atoms with Crippen molar-refractivity contribution < 1.29 is 9.15 Å². The predicted octanol–water partition coefficient (Wildman–Crippen LogP) is 5.98. The lowest BCUT2D eigenvalue weighted by Crippen LogP contribution is -2.70. The van der Waals surface area contributed by atoms with Gasteiger partial charge < -0.3 is 14.1 Å². The van der Waals surface area contributed by atoms with Crippen molar-refractivity contribution in [1.29, 1.82) is 0 Å². The molecule has 8 rings (SSSR count). The van der Waals surface area contributed by atoms with Crippen molar-refractivity contribution in [2.75, 3.05) is 63.1 Å². The Morgan fingerprint density at radius 3 is 2.41 bits per heavy atom. The standard InChI is InChI=1S/C34H44N6O2S2/c1-2-6-17-36(18-7-3-1)39-32(33-35-16-26-44-33)31(29-14-9-22-42-29)34(30-15-10-25-43-30,40(39)37-20-23-41-24-21-37)38-19-8-12-27-11-4-5-13-28(27)38/h4-5,9-11,13-15,22,25,33,35H,1-3,6-8,12,16-21,23-24,26H2. The normalized spacial score (nSPS) is 28.0. The van der Waals surface area contributed by atoms with Crippen LogP contribution in [0.1, 0.15) is 54.7 Å². The van der Waals surface area contributed by atoms with E-state index >= 15 is 0 Å². The van der Waals surface area contributed by atoms with Gasteiger partial charge in [0.1, 0.15) is 5.76 Å². The second-order valence-electron chi connectivity index (χ2n) is 12.3. The Labute approximate surface area is 269 Å². The van der Waals surface area contributed by atoms with Gasteiger partial charge in [-0.3, -0.25) is 5.32 Å². The van der Waals surface area contributed by atoms with Crippen LogP contribution in [-0.2, 0) is 16.8 Å². The second-order valence-corrected chi connectivity index (χ2v) is 14.5. The highest BCUT2D eigenvalue weighted by atomic mass is 32.2. The van der Waals surface area contributed by atoms with E-state index in [4.69, 9.17) is 9.15 Å². The smallest absolute Gasteiger partial charge is 0.194 e. The molecule has 0 aliphatic carbocycles. The summed E-state index contributed by atoms with van der Waals surface area (Å²) in [6.45, 7) is 7.20. The number of nitrogens with zero attached hydrogens (tertiary/aromatic N) is 5. The first kappa shape index (κ1) is 29.1. The number of morpholine rings is 1. The van der Waals surface area contributed by atoms with E-state index < -0.39 is 5.66 Å². The van der Waals surface area contributed by atoms with Crippen LogP contribution in [0.25, 0.3) is 5.57 Å². The number of ether oxygens (including phenoxy) is 1. The molecule has 3 fully saturated rings. The van der Waals surface area contributed by atoms with Crippen LogP contribution in [0.2, 0.25) is 0 Å². The van der Waals surface area contributed by atoms with Crippen LogP contribution in [-0.4, -0.2) is 83.9 Å². The Kier molecular flexibility index (Phi) is 8.49. The molecular formula is C34H44N6O2S2. The Hall–Kier alpha value is -2.31. The topological polar surface area (TPSA) is 50.6 Å². The molecule has 234 valence electrons. The highest BCUT2D eigenvalue weighted by Crippen LogP contribution is 2.58. The van der Waals surface area contributed by atoms with Crippen molar-refractivity contribution in [3.63, 3.8) is 0 Å². The van der Waals surface area contributed by atoms with E-state index in [9.17, 15) is 0 Å². The van der Waals surface area contributed by atoms with Crippen molar-refractivity contribution in [1.82, 2.24) is 25.6 Å². The number of furan rings is 1. The highest BCUT2D eigenvalue weighted by Gasteiger charge is 2.63. The third-order valence-corrected chi connectivity index (χ3v) is 11.9. The molecule has 0 bridgehead atoms. The predicted molar refractivity (Wildman–Crippen MR) is 179 cm³/mol. The fraction of sp³-hybridized carbons (Fsp3) is 0.529. The number of para-hydroxylation sites is 1. The molecule has 2 unspecified atom stereocenters. The number of hydrogen-bond donors (Lipinski definition) is 1. The summed E-state index contributed by atoms with van der Waals surface area (Å²) in [4.78, 5) is 4.05. The SMILES string of the molecule is c1coc(C2=C(C3NCCS3)N(N3CCCCCCC3)N(N3CCOCC3)C2(c2cccs2)N2CCCc3ccccc32)c1. The molecule has 44 heavy (non-hydrogen) atoms. The molecule has 3 saturated heterocycles. The van der Waals surface area contributed by atoms with E-state index in [1.54, 1.807) is 0 Å². The van der Waals surface area contributed by atoms with Gasteiger partial charge in [-0.1, -0.05) is 43.5 Å². The van der Waals surface area contributed by atoms with Crippen LogP contribution in [0.5, 0.6) is 0 Å². The number of aryl methyl sites for hydroxylation is 1. The molecule has 5 aliphatic rings. The largest absolute Gasteiger partial charge is 0.464 e. The molecule has 1 aromatic carbocycles. The van der Waals surface area contributed by atoms with Crippen LogP contribution in [0.3, 0.4) is 0 Å². The van der Waals surface area contributed by atoms with E-state index in [-0.39, 0.29) is 5.37 Å². The second kappa shape index (κ2) is 12.8. The van der Waals surface area contributed by atoms with Crippen molar-refractivity contribution in [3.8, 4) is 0 Å². The van der Waals surface area contributed by atoms with Gasteiger partial charge in [0.15, 0.2) is 5.66 Å². The monoisotopic (exact) mass is 632 g/mol. The molecule has 0 amide bonds. The lowest BCUT2D eigenvalue weighted by atomic mass is 9.88. The summed E-state index contributed by atoms with van der Waals surface area (Å²) >= 11 is 3.90. The number of hydrazine groups is 3. The Morgan fingerprint density at radius 1 is 0.818 bits per heavy atom. The lowest BCUT2D eigenvalue weighted by molar-refractivity contribution is -0.296. The van der Waals surface area contributed by atoms with Crippen molar-refractivity contribution in [2.24, 2.45) is 0 Å². The molecular weight excluding hydrogens is 589 g/mol. The number of rotatable bonds is 6. The summed E-state index contributed by atoms with van der Waals surface area (Å²) in [5, 5.41) is 16.9. The molecule has 1 N–H and O–H groups in total. The summed E-state index contributed by atoms with van der Waals surface area (Å²) in [6.07, 6.45) is 10.4. The minimum absolute atomic E-state index is 0.158. The zero-order valence-electron chi connectivity index (χ0n) is 25.5. The van der Waals surface area contributed by atoms with Crippen molar-refractivity contribution >= 4 is 34.4 Å². The molecule has 0 radical (unpaired) electrons. The molecule has 0 spiro atoms. The van der Waals surface area contributed by atoms with E-state index in [0.29, 0.717) is 0 Å². The molecule has 3 aromatic rings. The maximum absolute atomic E-state index is 6.52. The first-order valence-electron chi connectivity index (χ1n) is 16.6. The Morgan fingerprint density at radius 2 is 1.66 bits per heavy atom. The van der Waals surface area contributed by atoms with E-state index in [2.05, 4.69) is 84.4 Å². The molecule has 10 heteroatoms. The average Bonchev–Trinajstić information content (AvgIpc) is 3.88. The maximum atomic E-state index is 6.52. The number of hydrogen-bond acceptors (Lipinski definition) is 10. The number of benzene rings is 1. The molecule has 8 nitrogen and oxygen atoms in total. The Balaban J connectivity index is 1.45. The third-order valence-electron chi connectivity index (χ3n) is 9.74. The van der Waals surface area contributed by atoms with Crippen LogP contribution in [0.4, 0.5) is 5.69 Å². The molecule has 5 aliphatic heterocycles. The van der Waals surface area contributed by atoms with Crippen LogP contribution < -0.4 is 10.2 Å². The van der Waals surface area contributed by atoms with Crippen molar-refractivity contribution in [3.05, 3.63) is 82.1 Å². The fourth-order valence-electron chi connectivity index (χ4n) is 7.88.